The van der Waals surface area contributed by atoms with E-state index < -0.39 is 0 Å². The second-order valence-corrected chi connectivity index (χ2v) is 6.82. The van der Waals surface area contributed by atoms with E-state index in [4.69, 9.17) is 9.73 Å². The highest BCUT2D eigenvalue weighted by atomic mass is 127. The second-order valence-electron chi connectivity index (χ2n) is 6.82. The SMILES string of the molecule is CCNC(=NCCc1ccccc1OC)N1CCC2(CCC2)C1.I. The summed E-state index contributed by atoms with van der Waals surface area (Å²) in [6, 6.07) is 8.22. The van der Waals surface area contributed by atoms with Crippen molar-refractivity contribution < 1.29 is 4.74 Å². The number of rotatable bonds is 5. The first-order chi connectivity index (χ1) is 11.3. The van der Waals surface area contributed by atoms with E-state index in [0.717, 1.165) is 37.8 Å². The van der Waals surface area contributed by atoms with Crippen LogP contribution in [0.5, 0.6) is 5.75 Å². The molecule has 1 spiro atoms. The van der Waals surface area contributed by atoms with Crippen LogP contribution in [0, 0.1) is 5.41 Å². The summed E-state index contributed by atoms with van der Waals surface area (Å²) in [6.45, 7) is 6.21. The van der Waals surface area contributed by atoms with Gasteiger partial charge in [-0.2, -0.15) is 0 Å². The minimum absolute atomic E-state index is 0. The number of halogens is 1. The van der Waals surface area contributed by atoms with Crippen LogP contribution in [0.15, 0.2) is 29.3 Å². The maximum Gasteiger partial charge on any atom is 0.193 e. The number of likely N-dealkylation sites (tertiary alicyclic amines) is 1. The topological polar surface area (TPSA) is 36.9 Å². The van der Waals surface area contributed by atoms with Gasteiger partial charge in [0.15, 0.2) is 5.96 Å². The fourth-order valence-electron chi connectivity index (χ4n) is 3.82. The normalized spacial score (nSPS) is 18.9. The van der Waals surface area contributed by atoms with Gasteiger partial charge >= 0.3 is 0 Å². The Morgan fingerprint density at radius 1 is 1.29 bits per heavy atom. The van der Waals surface area contributed by atoms with Crippen LogP contribution in [-0.4, -0.2) is 44.1 Å². The molecule has 1 aliphatic heterocycles. The molecule has 1 saturated carbocycles. The highest BCUT2D eigenvalue weighted by Gasteiger charge is 2.43. The maximum atomic E-state index is 5.43. The number of nitrogens with zero attached hydrogens (tertiary/aromatic N) is 2. The molecule has 0 unspecified atom stereocenters. The summed E-state index contributed by atoms with van der Waals surface area (Å²) in [5.41, 5.74) is 1.84. The van der Waals surface area contributed by atoms with Gasteiger partial charge in [0.25, 0.3) is 0 Å². The van der Waals surface area contributed by atoms with Gasteiger partial charge in [0.1, 0.15) is 5.75 Å². The molecule has 1 aromatic rings. The maximum absolute atomic E-state index is 5.43. The Balaban J connectivity index is 0.00000208. The highest BCUT2D eigenvalue weighted by molar-refractivity contribution is 14.0. The van der Waals surface area contributed by atoms with Gasteiger partial charge < -0.3 is 15.0 Å². The molecule has 0 bridgehead atoms. The van der Waals surface area contributed by atoms with Crippen LogP contribution in [-0.2, 0) is 6.42 Å². The van der Waals surface area contributed by atoms with E-state index in [1.54, 1.807) is 7.11 Å². The number of nitrogens with one attached hydrogen (secondary N) is 1. The molecular weight excluding hydrogens is 413 g/mol. The van der Waals surface area contributed by atoms with Crippen LogP contribution in [0.2, 0.25) is 0 Å². The molecule has 0 amide bonds. The van der Waals surface area contributed by atoms with Crippen molar-refractivity contribution in [2.45, 2.75) is 39.0 Å². The zero-order valence-electron chi connectivity index (χ0n) is 14.9. The van der Waals surface area contributed by atoms with E-state index in [2.05, 4.69) is 29.3 Å². The Labute approximate surface area is 163 Å². The number of benzene rings is 1. The monoisotopic (exact) mass is 443 g/mol. The molecule has 1 aromatic carbocycles. The van der Waals surface area contributed by atoms with Crippen LogP contribution in [0.4, 0.5) is 0 Å². The zero-order chi connectivity index (χ0) is 16.1. The summed E-state index contributed by atoms with van der Waals surface area (Å²) in [5, 5.41) is 3.47. The third kappa shape index (κ3) is 4.35. The average Bonchev–Trinajstić information content (AvgIpc) is 3.00. The lowest BCUT2D eigenvalue weighted by Crippen LogP contribution is -2.42. The Morgan fingerprint density at radius 3 is 2.71 bits per heavy atom. The molecule has 2 aliphatic rings. The first kappa shape index (κ1) is 19.3. The van der Waals surface area contributed by atoms with Crippen LogP contribution in [0.1, 0.15) is 38.2 Å². The summed E-state index contributed by atoms with van der Waals surface area (Å²) in [7, 11) is 1.73. The van der Waals surface area contributed by atoms with Crippen LogP contribution in [0.3, 0.4) is 0 Å². The van der Waals surface area contributed by atoms with Gasteiger partial charge in [-0.3, -0.25) is 4.99 Å². The molecular formula is C19H30IN3O. The fraction of sp³-hybridized carbons (Fsp3) is 0.632. The molecule has 134 valence electrons. The molecule has 0 atom stereocenters. The third-order valence-electron chi connectivity index (χ3n) is 5.32. The summed E-state index contributed by atoms with van der Waals surface area (Å²) in [5.74, 6) is 2.05. The smallest absolute Gasteiger partial charge is 0.193 e. The molecule has 1 aliphatic carbocycles. The van der Waals surface area contributed by atoms with Crippen molar-refractivity contribution in [3.63, 3.8) is 0 Å². The van der Waals surface area contributed by atoms with Gasteiger partial charge in [0.2, 0.25) is 0 Å². The Hall–Kier alpha value is -0.980. The zero-order valence-corrected chi connectivity index (χ0v) is 17.2. The molecule has 5 heteroatoms. The van der Waals surface area contributed by atoms with Gasteiger partial charge in [-0.25, -0.2) is 0 Å². The van der Waals surface area contributed by atoms with Crippen molar-refractivity contribution in [2.75, 3.05) is 33.3 Å². The molecule has 0 aromatic heterocycles. The second kappa shape index (κ2) is 8.92. The molecule has 3 rings (SSSR count). The summed E-state index contributed by atoms with van der Waals surface area (Å²) >= 11 is 0. The molecule has 4 nitrogen and oxygen atoms in total. The lowest BCUT2D eigenvalue weighted by molar-refractivity contribution is 0.151. The fourth-order valence-corrected chi connectivity index (χ4v) is 3.82. The molecule has 0 radical (unpaired) electrons. The number of methoxy groups -OCH3 is 1. The largest absolute Gasteiger partial charge is 0.496 e. The van der Waals surface area contributed by atoms with E-state index in [1.807, 2.05) is 12.1 Å². The van der Waals surface area contributed by atoms with Crippen molar-refractivity contribution in [3.8, 4) is 5.75 Å². The first-order valence-corrected chi connectivity index (χ1v) is 8.91. The van der Waals surface area contributed by atoms with E-state index in [0.29, 0.717) is 5.41 Å². The van der Waals surface area contributed by atoms with Gasteiger partial charge in [-0.1, -0.05) is 24.6 Å². The lowest BCUT2D eigenvalue weighted by atomic mass is 9.68. The van der Waals surface area contributed by atoms with E-state index >= 15 is 0 Å². The van der Waals surface area contributed by atoms with Gasteiger partial charge in [-0.15, -0.1) is 24.0 Å². The van der Waals surface area contributed by atoms with Crippen LogP contribution < -0.4 is 10.1 Å². The van der Waals surface area contributed by atoms with Crippen LogP contribution in [0.25, 0.3) is 0 Å². The molecule has 1 heterocycles. The standard InChI is InChI=1S/C19H29N3O.HI/c1-3-20-18(22-14-12-19(15-22)10-6-11-19)21-13-9-16-7-4-5-8-17(16)23-2;/h4-5,7-8H,3,6,9-15H2,1-2H3,(H,20,21);1H. The number of para-hydroxylation sites is 1. The molecule has 24 heavy (non-hydrogen) atoms. The number of hydrogen-bond donors (Lipinski definition) is 1. The van der Waals surface area contributed by atoms with Gasteiger partial charge in [0, 0.05) is 26.2 Å². The predicted octanol–water partition coefficient (Wildman–Crippen LogP) is 3.70. The third-order valence-corrected chi connectivity index (χ3v) is 5.32. The molecule has 1 N–H and O–H groups in total. The van der Waals surface area contributed by atoms with Crippen molar-refractivity contribution in [1.29, 1.82) is 0 Å². The van der Waals surface area contributed by atoms with E-state index in [-0.39, 0.29) is 24.0 Å². The van der Waals surface area contributed by atoms with Crippen molar-refractivity contribution in [1.82, 2.24) is 10.2 Å². The van der Waals surface area contributed by atoms with Crippen molar-refractivity contribution in [2.24, 2.45) is 10.4 Å². The summed E-state index contributed by atoms with van der Waals surface area (Å²) < 4.78 is 5.43. The van der Waals surface area contributed by atoms with Gasteiger partial charge in [-0.05, 0) is 49.7 Å². The number of aliphatic imine (C=N–C) groups is 1. The van der Waals surface area contributed by atoms with Crippen molar-refractivity contribution in [3.05, 3.63) is 29.8 Å². The number of ether oxygens (including phenoxy) is 1. The average molecular weight is 443 g/mol. The highest BCUT2D eigenvalue weighted by Crippen LogP contribution is 2.47. The predicted molar refractivity (Wildman–Crippen MR) is 111 cm³/mol. The Bertz CT molecular complexity index is 557. The summed E-state index contributed by atoms with van der Waals surface area (Å²) in [6.07, 6.45) is 6.48. The lowest BCUT2D eigenvalue weighted by Gasteiger charge is -2.38. The number of hydrogen-bond acceptors (Lipinski definition) is 2. The first-order valence-electron chi connectivity index (χ1n) is 8.91. The van der Waals surface area contributed by atoms with Crippen molar-refractivity contribution >= 4 is 29.9 Å². The van der Waals surface area contributed by atoms with Crippen LogP contribution >= 0.6 is 24.0 Å². The minimum atomic E-state index is 0. The van der Waals surface area contributed by atoms with E-state index in [1.165, 1.54) is 37.8 Å². The molecule has 1 saturated heterocycles. The minimum Gasteiger partial charge on any atom is -0.496 e. The quantitative estimate of drug-likeness (QED) is 0.429. The molecule has 2 fully saturated rings. The van der Waals surface area contributed by atoms with E-state index in [9.17, 15) is 0 Å². The summed E-state index contributed by atoms with van der Waals surface area (Å²) in [4.78, 5) is 7.33. The Morgan fingerprint density at radius 2 is 2.08 bits per heavy atom. The Kier molecular flexibility index (Phi) is 7.19. The number of guanidine groups is 1. The van der Waals surface area contributed by atoms with Gasteiger partial charge in [0.05, 0.1) is 7.11 Å².